The van der Waals surface area contributed by atoms with Crippen molar-refractivity contribution in [3.05, 3.63) is 47.5 Å². The molecule has 5 heteroatoms. The summed E-state index contributed by atoms with van der Waals surface area (Å²) in [5, 5.41) is 6.97. The Morgan fingerprint density at radius 2 is 2.15 bits per heavy atom. The molecule has 0 bridgehead atoms. The summed E-state index contributed by atoms with van der Waals surface area (Å²) in [6, 6.07) is 6.52. The maximum absolute atomic E-state index is 13.4. The molecule has 106 valence electrons. The summed E-state index contributed by atoms with van der Waals surface area (Å²) < 4.78 is 15.1. The van der Waals surface area contributed by atoms with E-state index in [2.05, 4.69) is 10.4 Å². The zero-order chi connectivity index (χ0) is 14.7. The number of halogens is 1. The average Bonchev–Trinajstić information content (AvgIpc) is 2.80. The molecule has 4 nitrogen and oxygen atoms in total. The molecule has 0 saturated carbocycles. The molecule has 0 fully saturated rings. The molecule has 1 atom stereocenters. The van der Waals surface area contributed by atoms with Gasteiger partial charge in [-0.3, -0.25) is 9.48 Å². The van der Waals surface area contributed by atoms with E-state index in [9.17, 15) is 9.18 Å². The summed E-state index contributed by atoms with van der Waals surface area (Å²) in [7, 11) is 0. The highest BCUT2D eigenvalue weighted by atomic mass is 19.1. The van der Waals surface area contributed by atoms with Gasteiger partial charge in [-0.05, 0) is 44.5 Å². The number of hydrogen-bond donors (Lipinski definition) is 1. The number of carbonyl (C=O) groups is 1. The largest absolute Gasteiger partial charge is 0.326 e. The topological polar surface area (TPSA) is 46.9 Å². The standard InChI is InChI=1S/C15H18FN3O/c1-10-4-5-13(9-14(10)16)17-15(20)8-12(3)19-7-6-11(2)18-19/h4-7,9,12H,8H2,1-3H3,(H,17,20)/t12-/m0/s1. The Bertz CT molecular complexity index is 621. The molecule has 2 aromatic rings. The van der Waals surface area contributed by atoms with Crippen LogP contribution < -0.4 is 5.32 Å². The first kappa shape index (κ1) is 14.2. The van der Waals surface area contributed by atoms with Gasteiger partial charge in [-0.15, -0.1) is 0 Å². The number of hydrogen-bond acceptors (Lipinski definition) is 2. The maximum atomic E-state index is 13.4. The third kappa shape index (κ3) is 3.44. The number of benzene rings is 1. The zero-order valence-corrected chi connectivity index (χ0v) is 11.9. The summed E-state index contributed by atoms with van der Waals surface area (Å²) >= 11 is 0. The number of nitrogens with one attached hydrogen (secondary N) is 1. The van der Waals surface area contributed by atoms with E-state index >= 15 is 0 Å². The third-order valence-corrected chi connectivity index (χ3v) is 3.13. The van der Waals surface area contributed by atoms with E-state index in [-0.39, 0.29) is 24.2 Å². The molecule has 0 radical (unpaired) electrons. The van der Waals surface area contributed by atoms with E-state index in [0.29, 0.717) is 11.3 Å². The van der Waals surface area contributed by atoms with Crippen molar-refractivity contribution in [3.63, 3.8) is 0 Å². The summed E-state index contributed by atoms with van der Waals surface area (Å²) in [5.41, 5.74) is 1.95. The average molecular weight is 275 g/mol. The van der Waals surface area contributed by atoms with Gasteiger partial charge in [0.1, 0.15) is 5.82 Å². The van der Waals surface area contributed by atoms with Crippen LogP contribution in [0.5, 0.6) is 0 Å². The van der Waals surface area contributed by atoms with Crippen molar-refractivity contribution >= 4 is 11.6 Å². The number of carbonyl (C=O) groups excluding carboxylic acids is 1. The van der Waals surface area contributed by atoms with Crippen LogP contribution in [0, 0.1) is 19.7 Å². The van der Waals surface area contributed by atoms with Crippen LogP contribution in [0.1, 0.15) is 30.6 Å². The van der Waals surface area contributed by atoms with E-state index < -0.39 is 0 Å². The second-order valence-electron chi connectivity index (χ2n) is 5.00. The van der Waals surface area contributed by atoms with Gasteiger partial charge in [0.25, 0.3) is 0 Å². The van der Waals surface area contributed by atoms with Gasteiger partial charge in [-0.25, -0.2) is 4.39 Å². The Hall–Kier alpha value is -2.17. The molecule has 0 aliphatic carbocycles. The summed E-state index contributed by atoms with van der Waals surface area (Å²) in [6.07, 6.45) is 2.13. The molecule has 20 heavy (non-hydrogen) atoms. The molecule has 0 aliphatic heterocycles. The van der Waals surface area contributed by atoms with Crippen molar-refractivity contribution in [3.8, 4) is 0 Å². The maximum Gasteiger partial charge on any atom is 0.226 e. The predicted molar refractivity (Wildman–Crippen MR) is 76.1 cm³/mol. The van der Waals surface area contributed by atoms with E-state index in [1.807, 2.05) is 26.1 Å². The summed E-state index contributed by atoms with van der Waals surface area (Å²) in [4.78, 5) is 11.9. The van der Waals surface area contributed by atoms with Crippen LogP contribution in [0.15, 0.2) is 30.5 Å². The molecule has 1 amide bonds. The first-order chi connectivity index (χ1) is 9.45. The van der Waals surface area contributed by atoms with Gasteiger partial charge >= 0.3 is 0 Å². The van der Waals surface area contributed by atoms with Gasteiger partial charge in [0, 0.05) is 18.3 Å². The Balaban J connectivity index is 1.96. The first-order valence-electron chi connectivity index (χ1n) is 6.53. The molecular formula is C15H18FN3O. The fourth-order valence-corrected chi connectivity index (χ4v) is 1.92. The van der Waals surface area contributed by atoms with Crippen LogP contribution >= 0.6 is 0 Å². The summed E-state index contributed by atoms with van der Waals surface area (Å²) in [5.74, 6) is -0.479. The molecule has 0 spiro atoms. The lowest BCUT2D eigenvalue weighted by atomic mass is 10.2. The molecular weight excluding hydrogens is 257 g/mol. The van der Waals surface area contributed by atoms with Gasteiger partial charge < -0.3 is 5.32 Å². The number of nitrogens with zero attached hydrogens (tertiary/aromatic N) is 2. The Morgan fingerprint density at radius 3 is 2.75 bits per heavy atom. The van der Waals surface area contributed by atoms with Crippen molar-refractivity contribution in [1.82, 2.24) is 9.78 Å². The number of rotatable bonds is 4. The molecule has 1 aromatic carbocycles. The van der Waals surface area contributed by atoms with Crippen molar-refractivity contribution in [2.24, 2.45) is 0 Å². The van der Waals surface area contributed by atoms with Crippen LogP contribution in [0.3, 0.4) is 0 Å². The zero-order valence-electron chi connectivity index (χ0n) is 11.9. The van der Waals surface area contributed by atoms with Gasteiger partial charge in [0.05, 0.1) is 11.7 Å². The third-order valence-electron chi connectivity index (χ3n) is 3.13. The van der Waals surface area contributed by atoms with Crippen LogP contribution in [0.4, 0.5) is 10.1 Å². The monoisotopic (exact) mass is 275 g/mol. The summed E-state index contributed by atoms with van der Waals surface area (Å²) in [6.45, 7) is 5.50. The second kappa shape index (κ2) is 5.86. The Morgan fingerprint density at radius 1 is 1.40 bits per heavy atom. The predicted octanol–water partition coefficient (Wildman–Crippen LogP) is 3.23. The second-order valence-corrected chi connectivity index (χ2v) is 5.00. The van der Waals surface area contributed by atoms with Gasteiger partial charge in [0.2, 0.25) is 5.91 Å². The number of aromatic nitrogens is 2. The molecule has 1 heterocycles. The molecule has 1 N–H and O–H groups in total. The molecule has 0 unspecified atom stereocenters. The number of anilines is 1. The lowest BCUT2D eigenvalue weighted by Crippen LogP contribution is -2.18. The minimum Gasteiger partial charge on any atom is -0.326 e. The first-order valence-corrected chi connectivity index (χ1v) is 6.53. The van der Waals surface area contributed by atoms with Gasteiger partial charge in [0.15, 0.2) is 0 Å². The van der Waals surface area contributed by atoms with Crippen molar-refractivity contribution in [2.75, 3.05) is 5.32 Å². The van der Waals surface area contributed by atoms with Crippen molar-refractivity contribution in [1.29, 1.82) is 0 Å². The van der Waals surface area contributed by atoms with E-state index in [1.165, 1.54) is 6.07 Å². The van der Waals surface area contributed by atoms with E-state index in [1.54, 1.807) is 23.7 Å². The molecule has 2 rings (SSSR count). The highest BCUT2D eigenvalue weighted by molar-refractivity contribution is 5.90. The molecule has 1 aromatic heterocycles. The van der Waals surface area contributed by atoms with Crippen LogP contribution in [-0.4, -0.2) is 15.7 Å². The van der Waals surface area contributed by atoms with Crippen molar-refractivity contribution in [2.45, 2.75) is 33.2 Å². The van der Waals surface area contributed by atoms with Crippen LogP contribution in [0.25, 0.3) is 0 Å². The van der Waals surface area contributed by atoms with Gasteiger partial charge in [-0.2, -0.15) is 5.10 Å². The van der Waals surface area contributed by atoms with Crippen LogP contribution in [-0.2, 0) is 4.79 Å². The SMILES string of the molecule is Cc1ccn([C@@H](C)CC(=O)Nc2ccc(C)c(F)c2)n1. The van der Waals surface area contributed by atoms with E-state index in [4.69, 9.17) is 0 Å². The quantitative estimate of drug-likeness (QED) is 0.931. The van der Waals surface area contributed by atoms with E-state index in [0.717, 1.165) is 5.69 Å². The highest BCUT2D eigenvalue weighted by Gasteiger charge is 2.12. The fraction of sp³-hybridized carbons (Fsp3) is 0.333. The van der Waals surface area contributed by atoms with Crippen molar-refractivity contribution < 1.29 is 9.18 Å². The number of amides is 1. The minimum absolute atomic E-state index is 0.0426. The normalized spacial score (nSPS) is 12.2. The van der Waals surface area contributed by atoms with Gasteiger partial charge in [-0.1, -0.05) is 6.07 Å². The Labute approximate surface area is 117 Å². The molecule has 0 saturated heterocycles. The highest BCUT2D eigenvalue weighted by Crippen LogP contribution is 2.16. The smallest absolute Gasteiger partial charge is 0.226 e. The number of aryl methyl sites for hydroxylation is 2. The lowest BCUT2D eigenvalue weighted by molar-refractivity contribution is -0.116. The fourth-order valence-electron chi connectivity index (χ4n) is 1.92. The molecule has 0 aliphatic rings. The Kier molecular flexibility index (Phi) is 4.17. The minimum atomic E-state index is -0.321. The van der Waals surface area contributed by atoms with Crippen LogP contribution in [0.2, 0.25) is 0 Å². The lowest BCUT2D eigenvalue weighted by Gasteiger charge is -2.12.